The summed E-state index contributed by atoms with van der Waals surface area (Å²) in [5.41, 5.74) is 0. The van der Waals surface area contributed by atoms with Crippen LogP contribution in [-0.2, 0) is 14.3 Å². The van der Waals surface area contributed by atoms with Crippen molar-refractivity contribution in [3.8, 4) is 0 Å². The Hall–Kier alpha value is -0.930. The van der Waals surface area contributed by atoms with Crippen LogP contribution in [0.1, 0.15) is 33.1 Å². The minimum atomic E-state index is -2.09. The van der Waals surface area contributed by atoms with E-state index in [1.54, 1.807) is 13.8 Å². The molecular formula is C9H15FO3. The van der Waals surface area contributed by atoms with E-state index in [-0.39, 0.29) is 13.0 Å². The van der Waals surface area contributed by atoms with Gasteiger partial charge in [-0.1, -0.05) is 13.8 Å². The highest BCUT2D eigenvalue weighted by molar-refractivity contribution is 6.01. The van der Waals surface area contributed by atoms with Crippen molar-refractivity contribution < 1.29 is 18.7 Å². The zero-order chi connectivity index (χ0) is 10.3. The Bertz CT molecular complexity index is 180. The molecule has 0 aromatic carbocycles. The first kappa shape index (κ1) is 12.1. The smallest absolute Gasteiger partial charge is 0.348 e. The number of ketones is 1. The Morgan fingerprint density at radius 1 is 1.31 bits per heavy atom. The highest BCUT2D eigenvalue weighted by Gasteiger charge is 2.26. The monoisotopic (exact) mass is 190 g/mol. The van der Waals surface area contributed by atoms with Crippen molar-refractivity contribution in [1.82, 2.24) is 0 Å². The lowest BCUT2D eigenvalue weighted by Gasteiger charge is -2.06. The number of halogens is 1. The Labute approximate surface area is 77.3 Å². The maximum atomic E-state index is 12.9. The summed E-state index contributed by atoms with van der Waals surface area (Å²) in [6.45, 7) is 3.72. The van der Waals surface area contributed by atoms with E-state index in [1.165, 1.54) is 0 Å². The van der Waals surface area contributed by atoms with Crippen molar-refractivity contribution in [2.24, 2.45) is 0 Å². The maximum Gasteiger partial charge on any atom is 0.348 e. The van der Waals surface area contributed by atoms with Crippen LogP contribution in [0.3, 0.4) is 0 Å². The zero-order valence-electron chi connectivity index (χ0n) is 8.01. The molecule has 0 radical (unpaired) electrons. The number of Topliss-reactive ketones (excluding diaryl/α,β-unsaturated/α-hetero) is 1. The highest BCUT2D eigenvalue weighted by Crippen LogP contribution is 2.02. The Morgan fingerprint density at radius 2 is 1.92 bits per heavy atom. The van der Waals surface area contributed by atoms with Gasteiger partial charge >= 0.3 is 5.97 Å². The SMILES string of the molecule is CCCOC(=O)C(F)C(=O)CCC. The average molecular weight is 190 g/mol. The molecule has 0 rings (SSSR count). The van der Waals surface area contributed by atoms with Gasteiger partial charge in [-0.2, -0.15) is 0 Å². The molecule has 1 unspecified atom stereocenters. The first-order valence-corrected chi connectivity index (χ1v) is 4.46. The van der Waals surface area contributed by atoms with E-state index in [2.05, 4.69) is 4.74 Å². The van der Waals surface area contributed by atoms with Crippen LogP contribution >= 0.6 is 0 Å². The summed E-state index contributed by atoms with van der Waals surface area (Å²) in [5.74, 6) is -1.75. The molecule has 0 aliphatic rings. The van der Waals surface area contributed by atoms with Crippen LogP contribution in [0.4, 0.5) is 4.39 Å². The van der Waals surface area contributed by atoms with Gasteiger partial charge in [0, 0.05) is 6.42 Å². The van der Waals surface area contributed by atoms with Gasteiger partial charge in [-0.05, 0) is 12.8 Å². The molecule has 0 aromatic heterocycles. The topological polar surface area (TPSA) is 43.4 Å². The van der Waals surface area contributed by atoms with E-state index < -0.39 is 17.9 Å². The quantitative estimate of drug-likeness (QED) is 0.472. The lowest BCUT2D eigenvalue weighted by molar-refractivity contribution is -0.153. The summed E-state index contributed by atoms with van der Waals surface area (Å²) in [6, 6.07) is 0. The molecule has 0 bridgehead atoms. The number of hydrogen-bond donors (Lipinski definition) is 0. The van der Waals surface area contributed by atoms with E-state index >= 15 is 0 Å². The summed E-state index contributed by atoms with van der Waals surface area (Å²) < 4.78 is 17.4. The van der Waals surface area contributed by atoms with Gasteiger partial charge in [-0.3, -0.25) is 4.79 Å². The number of esters is 1. The fourth-order valence-electron chi connectivity index (χ4n) is 0.780. The first-order chi connectivity index (χ1) is 6.13. The molecule has 0 aliphatic heterocycles. The Morgan fingerprint density at radius 3 is 2.38 bits per heavy atom. The summed E-state index contributed by atoms with van der Waals surface area (Å²) in [7, 11) is 0. The summed E-state index contributed by atoms with van der Waals surface area (Å²) in [5, 5.41) is 0. The molecule has 0 amide bonds. The van der Waals surface area contributed by atoms with E-state index in [0.29, 0.717) is 12.8 Å². The molecular weight excluding hydrogens is 175 g/mol. The van der Waals surface area contributed by atoms with Gasteiger partial charge in [0.1, 0.15) is 0 Å². The van der Waals surface area contributed by atoms with Crippen LogP contribution in [0.5, 0.6) is 0 Å². The molecule has 0 N–H and O–H groups in total. The first-order valence-electron chi connectivity index (χ1n) is 4.46. The van der Waals surface area contributed by atoms with E-state index in [1.807, 2.05) is 0 Å². The molecule has 0 saturated heterocycles. The van der Waals surface area contributed by atoms with Crippen LogP contribution in [-0.4, -0.2) is 24.5 Å². The Balaban J connectivity index is 3.87. The van der Waals surface area contributed by atoms with Crippen LogP contribution < -0.4 is 0 Å². The molecule has 13 heavy (non-hydrogen) atoms. The number of hydrogen-bond acceptors (Lipinski definition) is 3. The molecule has 76 valence electrons. The number of carbonyl (C=O) groups excluding carboxylic acids is 2. The second-order valence-corrected chi connectivity index (χ2v) is 2.75. The van der Waals surface area contributed by atoms with Gasteiger partial charge in [0.25, 0.3) is 6.17 Å². The van der Waals surface area contributed by atoms with Crippen molar-refractivity contribution >= 4 is 11.8 Å². The van der Waals surface area contributed by atoms with Gasteiger partial charge in [0.15, 0.2) is 5.78 Å². The van der Waals surface area contributed by atoms with E-state index in [9.17, 15) is 14.0 Å². The van der Waals surface area contributed by atoms with Crippen molar-refractivity contribution in [3.05, 3.63) is 0 Å². The molecule has 0 aromatic rings. The van der Waals surface area contributed by atoms with Crippen LogP contribution in [0.15, 0.2) is 0 Å². The van der Waals surface area contributed by atoms with Crippen LogP contribution in [0.2, 0.25) is 0 Å². The van der Waals surface area contributed by atoms with Crippen molar-refractivity contribution in [1.29, 1.82) is 0 Å². The number of alkyl halides is 1. The third-order valence-corrected chi connectivity index (χ3v) is 1.43. The lowest BCUT2D eigenvalue weighted by Crippen LogP contribution is -2.27. The van der Waals surface area contributed by atoms with Crippen LogP contribution in [0, 0.1) is 0 Å². The van der Waals surface area contributed by atoms with Crippen molar-refractivity contribution in [2.45, 2.75) is 39.3 Å². The predicted octanol–water partition coefficient (Wildman–Crippen LogP) is 1.65. The fourth-order valence-corrected chi connectivity index (χ4v) is 0.780. The zero-order valence-corrected chi connectivity index (χ0v) is 8.01. The van der Waals surface area contributed by atoms with Crippen molar-refractivity contribution in [2.75, 3.05) is 6.61 Å². The maximum absolute atomic E-state index is 12.9. The predicted molar refractivity (Wildman–Crippen MR) is 46.1 cm³/mol. The van der Waals surface area contributed by atoms with Gasteiger partial charge in [-0.25, -0.2) is 9.18 Å². The largest absolute Gasteiger partial charge is 0.463 e. The van der Waals surface area contributed by atoms with Gasteiger partial charge < -0.3 is 4.74 Å². The minimum absolute atomic E-state index is 0.0857. The third-order valence-electron chi connectivity index (χ3n) is 1.43. The van der Waals surface area contributed by atoms with Crippen LogP contribution in [0.25, 0.3) is 0 Å². The second kappa shape index (κ2) is 6.57. The molecule has 4 heteroatoms. The fraction of sp³-hybridized carbons (Fsp3) is 0.778. The standard InChI is InChI=1S/C9H15FO3/c1-3-5-7(11)8(10)9(12)13-6-4-2/h8H,3-6H2,1-2H3. The Kier molecular flexibility index (Phi) is 6.10. The third kappa shape index (κ3) is 4.60. The normalized spacial score (nSPS) is 12.2. The molecule has 0 heterocycles. The molecule has 0 aliphatic carbocycles. The highest BCUT2D eigenvalue weighted by atomic mass is 19.1. The van der Waals surface area contributed by atoms with E-state index in [0.717, 1.165) is 0 Å². The van der Waals surface area contributed by atoms with Crippen molar-refractivity contribution in [3.63, 3.8) is 0 Å². The average Bonchev–Trinajstić information content (AvgIpc) is 2.13. The molecule has 3 nitrogen and oxygen atoms in total. The number of rotatable bonds is 6. The lowest BCUT2D eigenvalue weighted by atomic mass is 10.1. The minimum Gasteiger partial charge on any atom is -0.463 e. The van der Waals surface area contributed by atoms with Gasteiger partial charge in [0.05, 0.1) is 6.61 Å². The number of carbonyl (C=O) groups is 2. The summed E-state index contributed by atoms with van der Waals surface area (Å²) in [4.78, 5) is 21.7. The van der Waals surface area contributed by atoms with Gasteiger partial charge in [0.2, 0.25) is 0 Å². The van der Waals surface area contributed by atoms with Gasteiger partial charge in [-0.15, -0.1) is 0 Å². The summed E-state index contributed by atoms with van der Waals surface area (Å²) >= 11 is 0. The molecule has 0 spiro atoms. The summed E-state index contributed by atoms with van der Waals surface area (Å²) in [6.07, 6.45) is -0.838. The molecule has 1 atom stereocenters. The van der Waals surface area contributed by atoms with E-state index in [4.69, 9.17) is 0 Å². The molecule has 0 saturated carbocycles. The number of ether oxygens (including phenoxy) is 1. The molecule has 0 fully saturated rings. The second-order valence-electron chi connectivity index (χ2n) is 2.75.